The number of hydrogen-bond acceptors (Lipinski definition) is 5. The number of nitrogens with zero attached hydrogens (tertiary/aromatic N) is 3. The third-order valence-corrected chi connectivity index (χ3v) is 3.19. The molecule has 0 aromatic carbocycles. The molecule has 0 aliphatic heterocycles. The van der Waals surface area contributed by atoms with E-state index in [1.807, 2.05) is 19.1 Å². The molecule has 7 heteroatoms. The summed E-state index contributed by atoms with van der Waals surface area (Å²) in [6.07, 6.45) is 1.33. The zero-order valence-corrected chi connectivity index (χ0v) is 14.6. The van der Waals surface area contributed by atoms with Gasteiger partial charge in [-0.3, -0.25) is 14.7 Å². The molecule has 0 aliphatic carbocycles. The summed E-state index contributed by atoms with van der Waals surface area (Å²) < 4.78 is 19.3. The van der Waals surface area contributed by atoms with Crippen LogP contribution in [0.1, 0.15) is 42.4 Å². The van der Waals surface area contributed by atoms with Crippen molar-refractivity contribution < 1.29 is 18.7 Å². The monoisotopic (exact) mass is 345 g/mol. The van der Waals surface area contributed by atoms with Gasteiger partial charge >= 0.3 is 6.09 Å². The van der Waals surface area contributed by atoms with Crippen LogP contribution in [0.5, 0.6) is 0 Å². The molecule has 6 nitrogen and oxygen atoms in total. The van der Waals surface area contributed by atoms with Crippen molar-refractivity contribution >= 4 is 18.2 Å². The Labute approximate surface area is 145 Å². The molecule has 0 spiro atoms. The molecule has 2 aromatic rings. The fourth-order valence-corrected chi connectivity index (χ4v) is 2.00. The molecule has 0 N–H and O–H groups in total. The van der Waals surface area contributed by atoms with Gasteiger partial charge < -0.3 is 4.74 Å². The first-order chi connectivity index (χ1) is 11.7. The summed E-state index contributed by atoms with van der Waals surface area (Å²) in [4.78, 5) is 32.4. The summed E-state index contributed by atoms with van der Waals surface area (Å²) in [6, 6.07) is 6.30. The van der Waals surface area contributed by atoms with Crippen LogP contribution in [-0.2, 0) is 11.3 Å². The number of aromatic nitrogens is 2. The number of carbonyl (C=O) groups excluding carboxylic acids is 2. The fourth-order valence-electron chi connectivity index (χ4n) is 2.00. The number of rotatable bonds is 4. The summed E-state index contributed by atoms with van der Waals surface area (Å²) in [5, 5.41) is 0. The average molecular weight is 345 g/mol. The standard InChI is InChI=1S/C18H20FN3O3/c1-12-5-6-13(9-20-12)10-22(17(24)25-18(2,3)4)15-8-7-14(11-23)16(19)21-15/h5-9,11H,10H2,1-4H3. The van der Waals surface area contributed by atoms with Crippen molar-refractivity contribution in [3.05, 3.63) is 53.2 Å². The maximum atomic E-state index is 13.9. The van der Waals surface area contributed by atoms with E-state index in [-0.39, 0.29) is 17.9 Å². The molecular formula is C18H20FN3O3. The highest BCUT2D eigenvalue weighted by Gasteiger charge is 2.25. The van der Waals surface area contributed by atoms with E-state index in [1.54, 1.807) is 27.0 Å². The Morgan fingerprint density at radius 1 is 1.28 bits per heavy atom. The summed E-state index contributed by atoms with van der Waals surface area (Å²) in [7, 11) is 0. The van der Waals surface area contributed by atoms with Crippen LogP contribution < -0.4 is 4.90 Å². The van der Waals surface area contributed by atoms with Crippen molar-refractivity contribution in [2.45, 2.75) is 39.8 Å². The maximum Gasteiger partial charge on any atom is 0.416 e. The zero-order valence-electron chi connectivity index (χ0n) is 14.6. The van der Waals surface area contributed by atoms with Crippen molar-refractivity contribution in [2.75, 3.05) is 4.90 Å². The number of anilines is 1. The molecule has 2 aromatic heterocycles. The van der Waals surface area contributed by atoms with Crippen LogP contribution in [0.25, 0.3) is 0 Å². The molecule has 2 heterocycles. The largest absolute Gasteiger partial charge is 0.443 e. The summed E-state index contributed by atoms with van der Waals surface area (Å²) >= 11 is 0. The van der Waals surface area contributed by atoms with Crippen molar-refractivity contribution in [1.82, 2.24) is 9.97 Å². The minimum absolute atomic E-state index is 0.0536. The van der Waals surface area contributed by atoms with E-state index in [2.05, 4.69) is 9.97 Å². The first-order valence-corrected chi connectivity index (χ1v) is 7.73. The van der Waals surface area contributed by atoms with Crippen LogP contribution >= 0.6 is 0 Å². The topological polar surface area (TPSA) is 72.4 Å². The van der Waals surface area contributed by atoms with E-state index in [9.17, 15) is 14.0 Å². The molecule has 25 heavy (non-hydrogen) atoms. The van der Waals surface area contributed by atoms with Gasteiger partial charge in [-0.2, -0.15) is 4.39 Å². The Hall–Kier alpha value is -2.83. The first-order valence-electron chi connectivity index (χ1n) is 7.73. The Bertz CT molecular complexity index is 770. The quantitative estimate of drug-likeness (QED) is 0.624. The Morgan fingerprint density at radius 2 is 2.00 bits per heavy atom. The predicted molar refractivity (Wildman–Crippen MR) is 91.0 cm³/mol. The van der Waals surface area contributed by atoms with Crippen LogP contribution in [0.2, 0.25) is 0 Å². The second kappa shape index (κ2) is 7.38. The Morgan fingerprint density at radius 3 is 2.52 bits per heavy atom. The average Bonchev–Trinajstić information content (AvgIpc) is 2.52. The van der Waals surface area contributed by atoms with Gasteiger partial charge in [0.2, 0.25) is 5.95 Å². The van der Waals surface area contributed by atoms with Crippen molar-refractivity contribution in [2.24, 2.45) is 0 Å². The van der Waals surface area contributed by atoms with E-state index < -0.39 is 17.6 Å². The molecule has 0 saturated carbocycles. The van der Waals surface area contributed by atoms with Crippen LogP contribution in [0.3, 0.4) is 0 Å². The van der Waals surface area contributed by atoms with Gasteiger partial charge in [0.05, 0.1) is 12.1 Å². The molecule has 0 bridgehead atoms. The number of halogens is 1. The third-order valence-electron chi connectivity index (χ3n) is 3.19. The number of hydrogen-bond donors (Lipinski definition) is 0. The first kappa shape index (κ1) is 18.5. The molecule has 0 atom stereocenters. The van der Waals surface area contributed by atoms with E-state index in [1.165, 1.54) is 17.0 Å². The van der Waals surface area contributed by atoms with Gasteiger partial charge in [-0.15, -0.1) is 0 Å². The maximum absolute atomic E-state index is 13.9. The lowest BCUT2D eigenvalue weighted by molar-refractivity contribution is 0.0576. The Balaban J connectivity index is 2.37. The van der Waals surface area contributed by atoms with Gasteiger partial charge in [0.1, 0.15) is 11.4 Å². The minimum atomic E-state index is -0.942. The number of ether oxygens (including phenoxy) is 1. The van der Waals surface area contributed by atoms with Crippen LogP contribution in [0.4, 0.5) is 15.0 Å². The van der Waals surface area contributed by atoms with Crippen molar-refractivity contribution in [3.63, 3.8) is 0 Å². The molecule has 0 saturated heterocycles. The van der Waals surface area contributed by atoms with E-state index >= 15 is 0 Å². The van der Waals surface area contributed by atoms with Crippen molar-refractivity contribution in [3.8, 4) is 0 Å². The minimum Gasteiger partial charge on any atom is -0.443 e. The van der Waals surface area contributed by atoms with Gasteiger partial charge in [-0.25, -0.2) is 9.78 Å². The van der Waals surface area contributed by atoms with Crippen molar-refractivity contribution in [1.29, 1.82) is 0 Å². The molecule has 0 unspecified atom stereocenters. The second-order valence-electron chi connectivity index (χ2n) is 6.54. The van der Waals surface area contributed by atoms with E-state index in [0.717, 1.165) is 11.3 Å². The van der Waals surface area contributed by atoms with E-state index in [4.69, 9.17) is 4.74 Å². The third kappa shape index (κ3) is 5.07. The lowest BCUT2D eigenvalue weighted by Crippen LogP contribution is -2.37. The second-order valence-corrected chi connectivity index (χ2v) is 6.54. The van der Waals surface area contributed by atoms with Gasteiger partial charge in [-0.1, -0.05) is 6.07 Å². The fraction of sp³-hybridized carbons (Fsp3) is 0.333. The normalized spacial score (nSPS) is 11.1. The summed E-state index contributed by atoms with van der Waals surface area (Å²) in [5.74, 6) is -0.888. The number of amides is 1. The predicted octanol–water partition coefficient (Wildman–Crippen LogP) is 3.68. The molecule has 0 radical (unpaired) electrons. The van der Waals surface area contributed by atoms with Gasteiger partial charge in [-0.05, 0) is 51.5 Å². The van der Waals surface area contributed by atoms with Crippen LogP contribution in [-0.4, -0.2) is 27.9 Å². The number of pyridine rings is 2. The number of carbonyl (C=O) groups is 2. The summed E-state index contributed by atoms with van der Waals surface area (Å²) in [5.41, 5.74) is 0.678. The number of aryl methyl sites for hydroxylation is 1. The Kier molecular flexibility index (Phi) is 5.46. The van der Waals surface area contributed by atoms with E-state index in [0.29, 0.717) is 6.29 Å². The lowest BCUT2D eigenvalue weighted by atomic mass is 10.2. The number of aldehydes is 1. The molecule has 132 valence electrons. The van der Waals surface area contributed by atoms with Gasteiger partial charge in [0.25, 0.3) is 0 Å². The smallest absolute Gasteiger partial charge is 0.416 e. The molecular weight excluding hydrogens is 325 g/mol. The van der Waals surface area contributed by atoms with Crippen LogP contribution in [0.15, 0.2) is 30.5 Å². The van der Waals surface area contributed by atoms with Gasteiger partial charge in [0.15, 0.2) is 6.29 Å². The molecule has 0 fully saturated rings. The highest BCUT2D eigenvalue weighted by molar-refractivity contribution is 5.87. The molecule has 0 aliphatic rings. The lowest BCUT2D eigenvalue weighted by Gasteiger charge is -2.27. The highest BCUT2D eigenvalue weighted by atomic mass is 19.1. The SMILES string of the molecule is Cc1ccc(CN(C(=O)OC(C)(C)C)c2ccc(C=O)c(F)n2)cn1. The van der Waals surface area contributed by atoms with Gasteiger partial charge in [0, 0.05) is 11.9 Å². The van der Waals surface area contributed by atoms with Crippen LogP contribution in [0, 0.1) is 12.9 Å². The zero-order chi connectivity index (χ0) is 18.6. The molecule has 2 rings (SSSR count). The highest BCUT2D eigenvalue weighted by Crippen LogP contribution is 2.20. The summed E-state index contributed by atoms with van der Waals surface area (Å²) in [6.45, 7) is 7.17. The molecule has 1 amide bonds.